The van der Waals surface area contributed by atoms with E-state index in [4.69, 9.17) is 15.0 Å². The van der Waals surface area contributed by atoms with E-state index in [9.17, 15) is 0 Å². The quantitative estimate of drug-likeness (QED) is 0.161. The molecule has 0 spiro atoms. The van der Waals surface area contributed by atoms with Crippen molar-refractivity contribution in [2.75, 3.05) is 0 Å². The molecule has 3 aromatic heterocycles. The van der Waals surface area contributed by atoms with E-state index in [1.807, 2.05) is 36.7 Å². The molecule has 0 aliphatic heterocycles. The minimum absolute atomic E-state index is 0.657. The Morgan fingerprint density at radius 2 is 0.946 bits per heavy atom. The summed E-state index contributed by atoms with van der Waals surface area (Å²) >= 11 is 0. The molecule has 0 amide bonds. The Balaban J connectivity index is 1.08. The minimum Gasteiger partial charge on any atom is -0.264 e. The second-order valence-corrected chi connectivity index (χ2v) is 14.3. The van der Waals surface area contributed by atoms with Crippen LogP contribution in [0.2, 0.25) is 0 Å². The van der Waals surface area contributed by atoms with Crippen molar-refractivity contribution in [1.29, 1.82) is 0 Å². The van der Waals surface area contributed by atoms with Gasteiger partial charge in [-0.2, -0.15) is 0 Å². The summed E-state index contributed by atoms with van der Waals surface area (Å²) in [4.78, 5) is 19.6. The van der Waals surface area contributed by atoms with Gasteiger partial charge in [0.15, 0.2) is 5.82 Å². The maximum atomic E-state index is 5.25. The van der Waals surface area contributed by atoms with Gasteiger partial charge in [-0.25, -0.2) is 9.97 Å². The van der Waals surface area contributed by atoms with E-state index in [1.54, 1.807) is 6.20 Å². The molecule has 11 rings (SSSR count). The van der Waals surface area contributed by atoms with Crippen molar-refractivity contribution < 1.29 is 0 Å². The van der Waals surface area contributed by atoms with Crippen LogP contribution < -0.4 is 0 Å². The van der Waals surface area contributed by atoms with Crippen LogP contribution in [0.15, 0.2) is 195 Å². The average Bonchev–Trinajstić information content (AvgIpc) is 3.28. The highest BCUT2D eigenvalue weighted by Crippen LogP contribution is 2.43. The first-order valence-corrected chi connectivity index (χ1v) is 18.9. The number of hydrogen-bond acceptors (Lipinski definition) is 4. The molecule has 0 bridgehead atoms. The topological polar surface area (TPSA) is 51.6 Å². The van der Waals surface area contributed by atoms with Crippen LogP contribution in [0.3, 0.4) is 0 Å². The molecule has 0 N–H and O–H groups in total. The zero-order chi connectivity index (χ0) is 37.0. The summed E-state index contributed by atoms with van der Waals surface area (Å²) < 4.78 is 0. The van der Waals surface area contributed by atoms with Crippen LogP contribution in [-0.2, 0) is 0 Å². The lowest BCUT2D eigenvalue weighted by Crippen LogP contribution is -1.97. The molecule has 11 aromatic rings. The van der Waals surface area contributed by atoms with E-state index in [2.05, 4.69) is 157 Å². The molecule has 0 fully saturated rings. The van der Waals surface area contributed by atoms with Gasteiger partial charge in [0.05, 0.1) is 16.9 Å². The van der Waals surface area contributed by atoms with Crippen LogP contribution in [0, 0.1) is 0 Å². The molecule has 0 saturated carbocycles. The molecule has 4 heteroatoms. The summed E-state index contributed by atoms with van der Waals surface area (Å²) in [5, 5.41) is 8.64. The summed E-state index contributed by atoms with van der Waals surface area (Å²) in [6.45, 7) is 0. The largest absolute Gasteiger partial charge is 0.264 e. The first kappa shape index (κ1) is 31.9. The number of benzene rings is 8. The Kier molecular flexibility index (Phi) is 7.46. The number of aromatic nitrogens is 4. The van der Waals surface area contributed by atoms with Crippen molar-refractivity contribution in [3.63, 3.8) is 0 Å². The highest BCUT2D eigenvalue weighted by atomic mass is 14.9. The van der Waals surface area contributed by atoms with Gasteiger partial charge in [-0.3, -0.25) is 9.97 Å². The Morgan fingerprint density at radius 1 is 0.339 bits per heavy atom. The third kappa shape index (κ3) is 5.47. The van der Waals surface area contributed by atoms with Gasteiger partial charge in [0.2, 0.25) is 0 Å². The van der Waals surface area contributed by atoms with Gasteiger partial charge in [0.25, 0.3) is 0 Å². The number of fused-ring (bicyclic) bond motifs is 1. The molecule has 0 aliphatic carbocycles. The van der Waals surface area contributed by atoms with Gasteiger partial charge in [-0.15, -0.1) is 0 Å². The molecular formula is C52H32N4. The third-order valence-corrected chi connectivity index (χ3v) is 10.9. The van der Waals surface area contributed by atoms with Crippen molar-refractivity contribution >= 4 is 43.2 Å². The van der Waals surface area contributed by atoms with E-state index in [1.165, 1.54) is 49.0 Å². The van der Waals surface area contributed by atoms with E-state index in [0.717, 1.165) is 55.7 Å². The molecule has 4 nitrogen and oxygen atoms in total. The monoisotopic (exact) mass is 712 g/mol. The zero-order valence-corrected chi connectivity index (χ0v) is 30.3. The summed E-state index contributed by atoms with van der Waals surface area (Å²) in [6.07, 6.45) is 5.60. The summed E-state index contributed by atoms with van der Waals surface area (Å²) in [7, 11) is 0. The van der Waals surface area contributed by atoms with Gasteiger partial charge < -0.3 is 0 Å². The Hall–Kier alpha value is -7.56. The molecule has 0 radical (unpaired) electrons. The van der Waals surface area contributed by atoms with Gasteiger partial charge in [0, 0.05) is 46.2 Å². The standard InChI is InChI=1S/C52H32N4/c1-2-9-33(10-3-1)43-22-18-34-21-25-46-44(23-19-35-20-24-45(43)50(34)51(35)46)37-13-7-15-40(28-37)52-55-48(39-14-6-12-36(27-39)41-16-8-26-53-31-41)30-49(56-52)42-29-38-11-4-5-17-47(38)54-32-42/h1-32H. The average molecular weight is 713 g/mol. The van der Waals surface area contributed by atoms with E-state index >= 15 is 0 Å². The molecule has 56 heavy (non-hydrogen) atoms. The fraction of sp³-hybridized carbons (Fsp3) is 0. The lowest BCUT2D eigenvalue weighted by Gasteiger charge is -2.17. The van der Waals surface area contributed by atoms with Crippen molar-refractivity contribution in [1.82, 2.24) is 19.9 Å². The van der Waals surface area contributed by atoms with E-state index < -0.39 is 0 Å². The highest BCUT2D eigenvalue weighted by molar-refractivity contribution is 6.27. The van der Waals surface area contributed by atoms with Gasteiger partial charge in [-0.05, 0) is 96.5 Å². The zero-order valence-electron chi connectivity index (χ0n) is 30.3. The smallest absolute Gasteiger partial charge is 0.160 e. The van der Waals surface area contributed by atoms with Crippen LogP contribution in [0.25, 0.3) is 111 Å². The predicted molar refractivity (Wildman–Crippen MR) is 231 cm³/mol. The maximum Gasteiger partial charge on any atom is 0.160 e. The predicted octanol–water partition coefficient (Wildman–Crippen LogP) is 13.3. The first-order chi connectivity index (χ1) is 27.7. The number of hydrogen-bond donors (Lipinski definition) is 0. The van der Waals surface area contributed by atoms with Crippen molar-refractivity contribution in [3.8, 4) is 67.3 Å². The van der Waals surface area contributed by atoms with Crippen LogP contribution in [0.1, 0.15) is 0 Å². The number of nitrogens with zero attached hydrogens (tertiary/aromatic N) is 4. The first-order valence-electron chi connectivity index (χ1n) is 18.9. The van der Waals surface area contributed by atoms with Crippen molar-refractivity contribution in [2.45, 2.75) is 0 Å². The Labute approximate surface area is 323 Å². The number of rotatable bonds is 6. The van der Waals surface area contributed by atoms with E-state index in [0.29, 0.717) is 5.82 Å². The molecule has 0 unspecified atom stereocenters. The Morgan fingerprint density at radius 3 is 1.71 bits per heavy atom. The molecular weight excluding hydrogens is 681 g/mol. The second-order valence-electron chi connectivity index (χ2n) is 14.3. The van der Waals surface area contributed by atoms with Crippen LogP contribution in [0.4, 0.5) is 0 Å². The molecule has 260 valence electrons. The number of pyridine rings is 2. The lowest BCUT2D eigenvalue weighted by molar-refractivity contribution is 1.18. The van der Waals surface area contributed by atoms with Crippen molar-refractivity contribution in [2.24, 2.45) is 0 Å². The Bertz CT molecular complexity index is 3250. The summed E-state index contributed by atoms with van der Waals surface area (Å²) in [5.74, 6) is 0.657. The molecule has 8 aromatic carbocycles. The normalized spacial score (nSPS) is 11.6. The lowest BCUT2D eigenvalue weighted by atomic mass is 9.87. The highest BCUT2D eigenvalue weighted by Gasteiger charge is 2.17. The van der Waals surface area contributed by atoms with E-state index in [-0.39, 0.29) is 0 Å². The van der Waals surface area contributed by atoms with Crippen LogP contribution in [-0.4, -0.2) is 19.9 Å². The third-order valence-electron chi connectivity index (χ3n) is 10.9. The minimum atomic E-state index is 0.657. The molecule has 3 heterocycles. The van der Waals surface area contributed by atoms with Gasteiger partial charge >= 0.3 is 0 Å². The second kappa shape index (κ2) is 13.1. The van der Waals surface area contributed by atoms with Gasteiger partial charge in [-0.1, -0.05) is 140 Å². The summed E-state index contributed by atoms with van der Waals surface area (Å²) in [5.41, 5.74) is 12.4. The van der Waals surface area contributed by atoms with Gasteiger partial charge in [0.1, 0.15) is 0 Å². The molecule has 0 saturated heterocycles. The SMILES string of the molecule is c1ccc(-c2ccc3ccc4c(-c5cccc(-c6nc(-c7cccc(-c8cccnc8)c7)cc(-c7cnc8ccccc8c7)n6)c5)ccc5ccc2c3c54)cc1. The fourth-order valence-corrected chi connectivity index (χ4v) is 8.22. The summed E-state index contributed by atoms with van der Waals surface area (Å²) in [6, 6.07) is 62.4. The number of para-hydroxylation sites is 1. The fourth-order valence-electron chi connectivity index (χ4n) is 8.22. The van der Waals surface area contributed by atoms with Crippen LogP contribution in [0.5, 0.6) is 0 Å². The molecule has 0 aliphatic rings. The molecule has 0 atom stereocenters. The van der Waals surface area contributed by atoms with Crippen molar-refractivity contribution in [3.05, 3.63) is 195 Å². The van der Waals surface area contributed by atoms with Crippen LogP contribution >= 0.6 is 0 Å². The maximum absolute atomic E-state index is 5.25.